The lowest BCUT2D eigenvalue weighted by atomic mass is 9.99. The van der Waals surface area contributed by atoms with Crippen molar-refractivity contribution in [2.75, 3.05) is 0 Å². The minimum Gasteiger partial charge on any atom is -0.271 e. The maximum atomic E-state index is 13.2. The summed E-state index contributed by atoms with van der Waals surface area (Å²) >= 11 is 9.31. The molecule has 0 saturated heterocycles. The Hall–Kier alpha value is -0.940. The van der Waals surface area contributed by atoms with Crippen LogP contribution in [0.15, 0.2) is 46.9 Å². The quantitative estimate of drug-likeness (QED) is 0.651. The molecular formula is C14H13BrClFN2. The van der Waals surface area contributed by atoms with Crippen LogP contribution in [0, 0.1) is 5.82 Å². The normalized spacial score (nSPS) is 12.4. The van der Waals surface area contributed by atoms with Crippen LogP contribution in [0.5, 0.6) is 0 Å². The van der Waals surface area contributed by atoms with Crippen LogP contribution in [0.1, 0.15) is 17.2 Å². The van der Waals surface area contributed by atoms with Crippen molar-refractivity contribution in [1.82, 2.24) is 5.43 Å². The molecule has 0 aliphatic heterocycles. The zero-order valence-electron chi connectivity index (χ0n) is 10.0. The van der Waals surface area contributed by atoms with Gasteiger partial charge in [-0.05, 0) is 51.7 Å². The van der Waals surface area contributed by atoms with Gasteiger partial charge in [-0.1, -0.05) is 35.9 Å². The van der Waals surface area contributed by atoms with Crippen molar-refractivity contribution < 1.29 is 4.39 Å². The van der Waals surface area contributed by atoms with E-state index in [4.69, 9.17) is 17.4 Å². The predicted molar refractivity (Wildman–Crippen MR) is 79.3 cm³/mol. The fraction of sp³-hybridized carbons (Fsp3) is 0.143. The lowest BCUT2D eigenvalue weighted by molar-refractivity contribution is 0.548. The molecule has 3 N–H and O–H groups in total. The largest absolute Gasteiger partial charge is 0.271 e. The summed E-state index contributed by atoms with van der Waals surface area (Å²) in [6.45, 7) is 0. The lowest BCUT2D eigenvalue weighted by Crippen LogP contribution is -2.29. The minimum atomic E-state index is -0.294. The molecule has 0 radical (unpaired) electrons. The summed E-state index contributed by atoms with van der Waals surface area (Å²) in [6.07, 6.45) is 0.633. The second-order valence-electron chi connectivity index (χ2n) is 4.19. The number of hydrogen-bond donors (Lipinski definition) is 2. The topological polar surface area (TPSA) is 38.0 Å². The van der Waals surface area contributed by atoms with E-state index in [0.29, 0.717) is 15.9 Å². The summed E-state index contributed by atoms with van der Waals surface area (Å²) in [5.41, 5.74) is 4.63. The second kappa shape index (κ2) is 6.48. The summed E-state index contributed by atoms with van der Waals surface area (Å²) in [5, 5.41) is 0.698. The molecule has 0 bridgehead atoms. The monoisotopic (exact) mass is 342 g/mol. The number of rotatable bonds is 4. The van der Waals surface area contributed by atoms with E-state index in [1.165, 1.54) is 6.07 Å². The Kier molecular flexibility index (Phi) is 4.93. The second-order valence-corrected chi connectivity index (χ2v) is 5.45. The molecule has 0 saturated carbocycles. The highest BCUT2D eigenvalue weighted by Gasteiger charge is 2.13. The Bertz CT molecular complexity index is 577. The van der Waals surface area contributed by atoms with Gasteiger partial charge >= 0.3 is 0 Å². The van der Waals surface area contributed by atoms with Gasteiger partial charge in [-0.15, -0.1) is 0 Å². The van der Waals surface area contributed by atoms with Crippen molar-refractivity contribution in [3.63, 3.8) is 0 Å². The molecule has 2 nitrogen and oxygen atoms in total. The lowest BCUT2D eigenvalue weighted by Gasteiger charge is -2.17. The van der Waals surface area contributed by atoms with Crippen LogP contribution in [0.4, 0.5) is 4.39 Å². The van der Waals surface area contributed by atoms with E-state index in [1.54, 1.807) is 12.1 Å². The van der Waals surface area contributed by atoms with E-state index in [2.05, 4.69) is 21.4 Å². The van der Waals surface area contributed by atoms with E-state index in [1.807, 2.05) is 24.3 Å². The third-order valence-corrected chi connectivity index (χ3v) is 3.91. The van der Waals surface area contributed by atoms with Gasteiger partial charge < -0.3 is 0 Å². The van der Waals surface area contributed by atoms with Crippen molar-refractivity contribution in [2.24, 2.45) is 5.84 Å². The van der Waals surface area contributed by atoms with Crippen molar-refractivity contribution in [3.8, 4) is 0 Å². The smallest absolute Gasteiger partial charge is 0.137 e. The number of nitrogens with one attached hydrogen (secondary N) is 1. The molecular weight excluding hydrogens is 331 g/mol. The first-order chi connectivity index (χ1) is 9.11. The first kappa shape index (κ1) is 14.5. The zero-order chi connectivity index (χ0) is 13.8. The van der Waals surface area contributed by atoms with Crippen LogP contribution in [-0.4, -0.2) is 0 Å². The highest BCUT2D eigenvalue weighted by molar-refractivity contribution is 9.10. The molecule has 0 aromatic heterocycles. The van der Waals surface area contributed by atoms with E-state index >= 15 is 0 Å². The van der Waals surface area contributed by atoms with Gasteiger partial charge in [0.1, 0.15) is 5.82 Å². The molecule has 0 aliphatic carbocycles. The standard InChI is InChI=1S/C14H13BrClFN2/c15-11-7-10(5-6-13(11)17)14(19-18)8-9-3-1-2-4-12(9)16/h1-7,14,19H,8,18H2. The average molecular weight is 344 g/mol. The summed E-state index contributed by atoms with van der Waals surface area (Å²) < 4.78 is 13.7. The number of hydrogen-bond acceptors (Lipinski definition) is 2. The number of nitrogens with two attached hydrogens (primary N) is 1. The number of hydrazine groups is 1. The molecule has 2 aromatic rings. The first-order valence-electron chi connectivity index (χ1n) is 5.76. The highest BCUT2D eigenvalue weighted by atomic mass is 79.9. The Morgan fingerprint density at radius 2 is 2.00 bits per heavy atom. The number of halogens is 3. The maximum Gasteiger partial charge on any atom is 0.137 e. The van der Waals surface area contributed by atoms with Gasteiger partial charge in [-0.3, -0.25) is 11.3 Å². The molecule has 0 amide bonds. The van der Waals surface area contributed by atoms with Gasteiger partial charge in [0.05, 0.1) is 10.5 Å². The molecule has 2 rings (SSSR count). The van der Waals surface area contributed by atoms with Crippen LogP contribution in [0.2, 0.25) is 5.02 Å². The zero-order valence-corrected chi connectivity index (χ0v) is 12.4. The molecule has 0 heterocycles. The molecule has 1 atom stereocenters. The molecule has 0 aliphatic rings. The first-order valence-corrected chi connectivity index (χ1v) is 6.93. The third-order valence-electron chi connectivity index (χ3n) is 2.93. The van der Waals surface area contributed by atoms with Crippen molar-refractivity contribution in [3.05, 3.63) is 68.9 Å². The summed E-state index contributed by atoms with van der Waals surface area (Å²) in [7, 11) is 0. The molecule has 2 aromatic carbocycles. The summed E-state index contributed by atoms with van der Waals surface area (Å²) in [5.74, 6) is 5.29. The Morgan fingerprint density at radius 3 is 2.63 bits per heavy atom. The van der Waals surface area contributed by atoms with Gasteiger partial charge in [-0.25, -0.2) is 4.39 Å². The van der Waals surface area contributed by atoms with Crippen LogP contribution >= 0.6 is 27.5 Å². The van der Waals surface area contributed by atoms with Crippen LogP contribution < -0.4 is 11.3 Å². The molecule has 5 heteroatoms. The Labute approximate surface area is 124 Å². The molecule has 1 unspecified atom stereocenters. The molecule has 19 heavy (non-hydrogen) atoms. The molecule has 0 spiro atoms. The highest BCUT2D eigenvalue weighted by Crippen LogP contribution is 2.26. The van der Waals surface area contributed by atoms with Gasteiger partial charge in [0.2, 0.25) is 0 Å². The predicted octanol–water partition coefficient (Wildman–Crippen LogP) is 3.99. The molecule has 100 valence electrons. The van der Waals surface area contributed by atoms with Crippen LogP contribution in [-0.2, 0) is 6.42 Å². The Balaban J connectivity index is 2.25. The van der Waals surface area contributed by atoms with E-state index in [-0.39, 0.29) is 11.9 Å². The molecule has 0 fully saturated rings. The summed E-state index contributed by atoms with van der Waals surface area (Å²) in [6, 6.07) is 12.3. The Morgan fingerprint density at radius 1 is 1.26 bits per heavy atom. The van der Waals surface area contributed by atoms with Crippen LogP contribution in [0.3, 0.4) is 0 Å². The summed E-state index contributed by atoms with van der Waals surface area (Å²) in [4.78, 5) is 0. The van der Waals surface area contributed by atoms with Gasteiger partial charge in [-0.2, -0.15) is 0 Å². The van der Waals surface area contributed by atoms with E-state index in [0.717, 1.165) is 11.1 Å². The number of benzene rings is 2. The third kappa shape index (κ3) is 3.54. The van der Waals surface area contributed by atoms with Crippen molar-refractivity contribution >= 4 is 27.5 Å². The average Bonchev–Trinajstić information content (AvgIpc) is 2.41. The van der Waals surface area contributed by atoms with E-state index < -0.39 is 0 Å². The van der Waals surface area contributed by atoms with Crippen molar-refractivity contribution in [1.29, 1.82) is 0 Å². The van der Waals surface area contributed by atoms with Gasteiger partial charge in [0.25, 0.3) is 0 Å². The maximum absolute atomic E-state index is 13.2. The van der Waals surface area contributed by atoms with Crippen molar-refractivity contribution in [2.45, 2.75) is 12.5 Å². The van der Waals surface area contributed by atoms with Crippen LogP contribution in [0.25, 0.3) is 0 Å². The van der Waals surface area contributed by atoms with Gasteiger partial charge in [0, 0.05) is 5.02 Å². The van der Waals surface area contributed by atoms with E-state index in [9.17, 15) is 4.39 Å². The fourth-order valence-electron chi connectivity index (χ4n) is 1.89. The minimum absolute atomic E-state index is 0.128. The fourth-order valence-corrected chi connectivity index (χ4v) is 2.50. The SMILES string of the molecule is NNC(Cc1ccccc1Cl)c1ccc(F)c(Br)c1. The van der Waals surface area contributed by atoms with Gasteiger partial charge in [0.15, 0.2) is 0 Å².